The molecule has 23 heavy (non-hydrogen) atoms. The number of nitrogens with zero attached hydrogens (tertiary/aromatic N) is 2. The Labute approximate surface area is 138 Å². The number of carbonyl (C=O) groups excluding carboxylic acids is 1. The van der Waals surface area contributed by atoms with E-state index in [0.29, 0.717) is 0 Å². The second-order valence-corrected chi connectivity index (χ2v) is 5.95. The Kier molecular flexibility index (Phi) is 4.45. The summed E-state index contributed by atoms with van der Waals surface area (Å²) in [5, 5.41) is 5.54. The molecule has 0 saturated carbocycles. The van der Waals surface area contributed by atoms with Crippen LogP contribution in [-0.4, -0.2) is 15.9 Å². The monoisotopic (exact) mass is 324 g/mol. The average Bonchev–Trinajstić information content (AvgIpc) is 3.05. The summed E-state index contributed by atoms with van der Waals surface area (Å²) in [6.07, 6.45) is 1.73. The molecular formula is C17H16N4OS. The van der Waals surface area contributed by atoms with Gasteiger partial charge in [-0.3, -0.25) is 9.78 Å². The van der Waals surface area contributed by atoms with Crippen LogP contribution in [0.15, 0.2) is 54.0 Å². The molecule has 6 heteroatoms. The number of carbonyl (C=O) groups is 1. The van der Waals surface area contributed by atoms with E-state index in [4.69, 9.17) is 5.73 Å². The number of pyridine rings is 1. The van der Waals surface area contributed by atoms with Crippen LogP contribution in [0.1, 0.15) is 23.7 Å². The number of hydrogen-bond donors (Lipinski definition) is 2. The molecule has 5 nitrogen and oxygen atoms in total. The van der Waals surface area contributed by atoms with Gasteiger partial charge in [0.1, 0.15) is 5.01 Å². The first-order chi connectivity index (χ1) is 11.1. The molecule has 0 bridgehead atoms. The number of aromatic nitrogens is 2. The highest BCUT2D eigenvalue weighted by atomic mass is 32.1. The summed E-state index contributed by atoms with van der Waals surface area (Å²) in [4.78, 5) is 19.9. The van der Waals surface area contributed by atoms with Gasteiger partial charge in [-0.05, 0) is 24.3 Å². The maximum atomic E-state index is 11.0. The third-order valence-electron chi connectivity index (χ3n) is 3.30. The Morgan fingerprint density at radius 1 is 1.22 bits per heavy atom. The number of rotatable bonds is 4. The third kappa shape index (κ3) is 3.61. The molecule has 1 atom stereocenters. The number of amides is 1. The van der Waals surface area contributed by atoms with Crippen molar-refractivity contribution in [2.75, 3.05) is 5.32 Å². The number of hydrogen-bond acceptors (Lipinski definition) is 5. The first kappa shape index (κ1) is 15.3. The number of nitrogens with two attached hydrogens (primary N) is 1. The van der Waals surface area contributed by atoms with Gasteiger partial charge >= 0.3 is 0 Å². The van der Waals surface area contributed by atoms with Gasteiger partial charge in [0.05, 0.1) is 17.4 Å². The van der Waals surface area contributed by atoms with Crippen molar-refractivity contribution in [1.82, 2.24) is 9.97 Å². The standard InChI is InChI=1S/C17H16N4OS/c1-11(22)20-13-7-5-12(6-8-13)15-10-23-17(21-15)16(18)14-4-2-3-9-19-14/h2-10,16H,18H2,1H3,(H,20,22). The summed E-state index contributed by atoms with van der Waals surface area (Å²) in [6.45, 7) is 1.49. The van der Waals surface area contributed by atoms with Crippen LogP contribution in [0, 0.1) is 0 Å². The van der Waals surface area contributed by atoms with Crippen LogP contribution in [0.3, 0.4) is 0 Å². The lowest BCUT2D eigenvalue weighted by molar-refractivity contribution is -0.114. The van der Waals surface area contributed by atoms with E-state index < -0.39 is 0 Å². The molecule has 0 aliphatic carbocycles. The summed E-state index contributed by atoms with van der Waals surface area (Å²) in [5.74, 6) is -0.0879. The topological polar surface area (TPSA) is 80.9 Å². The highest BCUT2D eigenvalue weighted by Crippen LogP contribution is 2.27. The normalized spacial score (nSPS) is 11.9. The van der Waals surface area contributed by atoms with E-state index >= 15 is 0 Å². The van der Waals surface area contributed by atoms with E-state index in [9.17, 15) is 4.79 Å². The first-order valence-corrected chi connectivity index (χ1v) is 8.01. The van der Waals surface area contributed by atoms with Crippen LogP contribution < -0.4 is 11.1 Å². The lowest BCUT2D eigenvalue weighted by atomic mass is 10.1. The molecule has 1 unspecified atom stereocenters. The molecule has 0 saturated heterocycles. The van der Waals surface area contributed by atoms with Crippen molar-refractivity contribution < 1.29 is 4.79 Å². The van der Waals surface area contributed by atoms with E-state index in [1.54, 1.807) is 6.20 Å². The molecule has 2 aromatic heterocycles. The smallest absolute Gasteiger partial charge is 0.221 e. The molecule has 1 aromatic carbocycles. The van der Waals surface area contributed by atoms with Gasteiger partial charge in [0.25, 0.3) is 0 Å². The SMILES string of the molecule is CC(=O)Nc1ccc(-c2csc(C(N)c3ccccn3)n2)cc1. The van der Waals surface area contributed by atoms with E-state index in [0.717, 1.165) is 27.6 Å². The predicted molar refractivity (Wildman–Crippen MR) is 92.1 cm³/mol. The van der Waals surface area contributed by atoms with Crippen LogP contribution in [-0.2, 0) is 4.79 Å². The quantitative estimate of drug-likeness (QED) is 0.772. The lowest BCUT2D eigenvalue weighted by Gasteiger charge is -2.07. The Hall–Kier alpha value is -2.57. The Bertz CT molecular complexity index is 799. The number of anilines is 1. The van der Waals surface area contributed by atoms with Gasteiger partial charge < -0.3 is 11.1 Å². The molecule has 0 spiro atoms. The lowest BCUT2D eigenvalue weighted by Crippen LogP contribution is -2.12. The zero-order valence-electron chi connectivity index (χ0n) is 12.6. The summed E-state index contributed by atoms with van der Waals surface area (Å²) in [7, 11) is 0. The number of thiazole rings is 1. The van der Waals surface area contributed by atoms with Crippen molar-refractivity contribution in [3.8, 4) is 11.3 Å². The van der Waals surface area contributed by atoms with Crippen molar-refractivity contribution in [2.24, 2.45) is 5.73 Å². The second kappa shape index (κ2) is 6.68. The van der Waals surface area contributed by atoms with Gasteiger partial charge in [0.15, 0.2) is 0 Å². The Balaban J connectivity index is 1.80. The highest BCUT2D eigenvalue weighted by Gasteiger charge is 2.14. The summed E-state index contributed by atoms with van der Waals surface area (Å²) >= 11 is 1.52. The molecule has 3 N–H and O–H groups in total. The zero-order valence-corrected chi connectivity index (χ0v) is 13.4. The van der Waals surface area contributed by atoms with Crippen molar-refractivity contribution in [1.29, 1.82) is 0 Å². The van der Waals surface area contributed by atoms with Crippen LogP contribution in [0.5, 0.6) is 0 Å². The minimum Gasteiger partial charge on any atom is -0.326 e. The fraction of sp³-hybridized carbons (Fsp3) is 0.118. The van der Waals surface area contributed by atoms with Gasteiger partial charge in [-0.25, -0.2) is 4.98 Å². The number of nitrogens with one attached hydrogen (secondary N) is 1. The molecule has 0 aliphatic heterocycles. The van der Waals surface area contributed by atoms with Crippen LogP contribution in [0.4, 0.5) is 5.69 Å². The highest BCUT2D eigenvalue weighted by molar-refractivity contribution is 7.10. The van der Waals surface area contributed by atoms with Crippen molar-refractivity contribution in [2.45, 2.75) is 13.0 Å². The average molecular weight is 324 g/mol. The van der Waals surface area contributed by atoms with Gasteiger partial charge in [0, 0.05) is 29.8 Å². The van der Waals surface area contributed by atoms with E-state index in [1.165, 1.54) is 18.3 Å². The van der Waals surface area contributed by atoms with E-state index in [1.807, 2.05) is 47.8 Å². The van der Waals surface area contributed by atoms with E-state index in [2.05, 4.69) is 15.3 Å². The fourth-order valence-corrected chi connectivity index (χ4v) is 3.02. The fourth-order valence-electron chi connectivity index (χ4n) is 2.18. The van der Waals surface area contributed by atoms with Crippen molar-refractivity contribution >= 4 is 22.9 Å². The minimum absolute atomic E-state index is 0.0879. The van der Waals surface area contributed by atoms with Crippen molar-refractivity contribution in [3.05, 3.63) is 64.7 Å². The summed E-state index contributed by atoms with van der Waals surface area (Å²) in [6, 6.07) is 12.9. The van der Waals surface area contributed by atoms with Gasteiger partial charge in [-0.1, -0.05) is 18.2 Å². The molecule has 116 valence electrons. The van der Waals surface area contributed by atoms with Crippen LogP contribution in [0.2, 0.25) is 0 Å². The molecule has 0 fully saturated rings. The molecule has 3 aromatic rings. The maximum absolute atomic E-state index is 11.0. The Morgan fingerprint density at radius 2 is 2.00 bits per heavy atom. The van der Waals surface area contributed by atoms with E-state index in [-0.39, 0.29) is 11.9 Å². The molecular weight excluding hydrogens is 308 g/mol. The maximum Gasteiger partial charge on any atom is 0.221 e. The third-order valence-corrected chi connectivity index (χ3v) is 4.22. The summed E-state index contributed by atoms with van der Waals surface area (Å²) < 4.78 is 0. The second-order valence-electron chi connectivity index (χ2n) is 5.06. The molecule has 0 aliphatic rings. The first-order valence-electron chi connectivity index (χ1n) is 7.13. The van der Waals surface area contributed by atoms with Gasteiger partial charge in [-0.2, -0.15) is 0 Å². The molecule has 3 rings (SSSR count). The van der Waals surface area contributed by atoms with Gasteiger partial charge in [-0.15, -0.1) is 11.3 Å². The van der Waals surface area contributed by atoms with Gasteiger partial charge in [0.2, 0.25) is 5.91 Å². The van der Waals surface area contributed by atoms with Crippen LogP contribution >= 0.6 is 11.3 Å². The molecule has 2 heterocycles. The molecule has 1 amide bonds. The molecule has 0 radical (unpaired) electrons. The van der Waals surface area contributed by atoms with Crippen LogP contribution in [0.25, 0.3) is 11.3 Å². The largest absolute Gasteiger partial charge is 0.326 e. The van der Waals surface area contributed by atoms with Crippen molar-refractivity contribution in [3.63, 3.8) is 0 Å². The zero-order chi connectivity index (χ0) is 16.2. The Morgan fingerprint density at radius 3 is 2.65 bits per heavy atom. The minimum atomic E-state index is -0.325. The number of benzene rings is 1. The predicted octanol–water partition coefficient (Wildman–Crippen LogP) is 3.21. The summed E-state index contributed by atoms with van der Waals surface area (Å²) in [5.41, 5.74) is 9.64.